The van der Waals surface area contributed by atoms with Crippen molar-refractivity contribution >= 4 is 51.5 Å². The standard InChI is InChI=1S/C35H33N2Se.C13H24O2.Ir/c1-20(2)26-17-27(21(3)4)33(28(18-26)22(5)6)35-30-16-24-12-8-7-11-23(24)15-29(30)34(36-37-35)32-19-25-13-9-10-14-31(25)38-32;1-5-10(6-2)12(14)9-13(15)11(7-3)8-4;/h7-18,20-22H,1-6H3;9-11,14H,5-8H2,1-4H3;/q-1;;/b;12-9-;. The number of carbonyl (C=O) groups is 1. The van der Waals surface area contributed by atoms with Gasteiger partial charge in [0.1, 0.15) is 0 Å². The van der Waals surface area contributed by atoms with Crippen LogP contribution in [0.2, 0.25) is 0 Å². The summed E-state index contributed by atoms with van der Waals surface area (Å²) in [6.45, 7) is 21.8. The first-order valence-corrected chi connectivity index (χ1v) is 21.4. The molecule has 6 aromatic rings. The Kier molecular flexibility index (Phi) is 15.6. The predicted molar refractivity (Wildman–Crippen MR) is 227 cm³/mol. The third-order valence-electron chi connectivity index (χ3n) is 10.7. The first-order chi connectivity index (χ1) is 25.4. The number of ketones is 1. The zero-order valence-electron chi connectivity index (χ0n) is 33.7. The number of hydrogen-bond acceptors (Lipinski definition) is 4. The van der Waals surface area contributed by atoms with Gasteiger partial charge in [0.15, 0.2) is 5.78 Å². The number of benzene rings is 4. The summed E-state index contributed by atoms with van der Waals surface area (Å²) in [5.41, 5.74) is 7.35. The van der Waals surface area contributed by atoms with E-state index in [0.717, 1.165) is 37.1 Å². The van der Waals surface area contributed by atoms with Gasteiger partial charge < -0.3 is 5.11 Å². The van der Waals surface area contributed by atoms with Gasteiger partial charge in [-0.2, -0.15) is 0 Å². The molecule has 0 saturated carbocycles. The van der Waals surface area contributed by atoms with Gasteiger partial charge in [0.25, 0.3) is 0 Å². The molecule has 2 heterocycles. The Labute approximate surface area is 343 Å². The number of aliphatic hydroxyl groups excluding tert-OH is 1. The number of fused-ring (bicyclic) bond motifs is 3. The minimum atomic E-state index is 0. The molecule has 0 amide bonds. The molecule has 1 radical (unpaired) electrons. The van der Waals surface area contributed by atoms with Crippen LogP contribution >= 0.6 is 0 Å². The molecule has 54 heavy (non-hydrogen) atoms. The molecule has 4 nitrogen and oxygen atoms in total. The van der Waals surface area contributed by atoms with E-state index in [2.05, 4.69) is 120 Å². The molecule has 0 saturated heterocycles. The number of carbonyl (C=O) groups excluding carboxylic acids is 1. The molecule has 0 aliphatic heterocycles. The molecule has 0 bridgehead atoms. The second kappa shape index (κ2) is 19.5. The number of aliphatic hydroxyl groups is 1. The minimum Gasteiger partial charge on any atom is -0.512 e. The van der Waals surface area contributed by atoms with Crippen molar-refractivity contribution in [2.75, 3.05) is 0 Å². The van der Waals surface area contributed by atoms with E-state index in [1.807, 2.05) is 27.7 Å². The van der Waals surface area contributed by atoms with Gasteiger partial charge in [0.2, 0.25) is 0 Å². The van der Waals surface area contributed by atoms with Crippen LogP contribution in [0.3, 0.4) is 0 Å². The fourth-order valence-electron chi connectivity index (χ4n) is 7.23. The zero-order chi connectivity index (χ0) is 38.4. The summed E-state index contributed by atoms with van der Waals surface area (Å²) < 4.78 is 2.55. The fourth-order valence-corrected chi connectivity index (χ4v) is 9.33. The molecule has 0 atom stereocenters. The van der Waals surface area contributed by atoms with E-state index in [1.54, 1.807) is 0 Å². The first kappa shape index (κ1) is 43.3. The topological polar surface area (TPSA) is 63.1 Å². The SMILES string of the molecule is CC(C)c1cc(C(C)C)c(-c2nnc(-c3[c-]c4ccccc4[se]3)c3cc4ccccc4cc23)c(C(C)C)c1.CCC(CC)C(=O)/C=C(\O)C(CC)CC.[Ir]. The van der Waals surface area contributed by atoms with Crippen LogP contribution in [-0.4, -0.2) is 35.6 Å². The Balaban J connectivity index is 0.000000347. The van der Waals surface area contributed by atoms with Crippen molar-refractivity contribution in [3.8, 4) is 21.4 Å². The summed E-state index contributed by atoms with van der Waals surface area (Å²) in [5, 5.41) is 25.8. The average molecular weight is 965 g/mol. The maximum absolute atomic E-state index is 11.7. The quantitative estimate of drug-likeness (QED) is 0.0436. The molecule has 0 unspecified atom stereocenters. The average Bonchev–Trinajstić information content (AvgIpc) is 3.58. The third kappa shape index (κ3) is 9.51. The summed E-state index contributed by atoms with van der Waals surface area (Å²) in [4.78, 5) is 11.7. The molecule has 6 heteroatoms. The van der Waals surface area contributed by atoms with Crippen molar-refractivity contribution in [3.05, 3.63) is 107 Å². The van der Waals surface area contributed by atoms with Crippen LogP contribution < -0.4 is 0 Å². The van der Waals surface area contributed by atoms with Crippen molar-refractivity contribution in [1.29, 1.82) is 0 Å². The molecule has 0 fully saturated rings. The predicted octanol–water partition coefficient (Wildman–Crippen LogP) is 13.4. The van der Waals surface area contributed by atoms with Crippen LogP contribution in [0.15, 0.2) is 84.6 Å². The normalized spacial score (nSPS) is 12.0. The summed E-state index contributed by atoms with van der Waals surface area (Å²) >= 11 is 0.163. The minimum absolute atomic E-state index is 0. The van der Waals surface area contributed by atoms with Gasteiger partial charge in [-0.15, -0.1) is 0 Å². The molecule has 0 aliphatic carbocycles. The second-order valence-electron chi connectivity index (χ2n) is 15.2. The maximum Gasteiger partial charge on any atom is 0.162 e. The van der Waals surface area contributed by atoms with Gasteiger partial charge in [-0.25, -0.2) is 0 Å². The van der Waals surface area contributed by atoms with E-state index < -0.39 is 0 Å². The van der Waals surface area contributed by atoms with Gasteiger partial charge in [-0.1, -0.05) is 27.7 Å². The van der Waals surface area contributed by atoms with Crippen LogP contribution in [0.4, 0.5) is 0 Å². The van der Waals surface area contributed by atoms with Crippen LogP contribution in [-0.2, 0) is 24.9 Å². The Bertz CT molecular complexity index is 2160. The molecule has 0 aliphatic rings. The summed E-state index contributed by atoms with van der Waals surface area (Å²) in [7, 11) is 0. The van der Waals surface area contributed by atoms with Crippen molar-refractivity contribution < 1.29 is 30.0 Å². The van der Waals surface area contributed by atoms with Crippen LogP contribution in [0.5, 0.6) is 0 Å². The fraction of sp³-hybridized carbons (Fsp3) is 0.396. The van der Waals surface area contributed by atoms with E-state index in [9.17, 15) is 9.90 Å². The Morgan fingerprint density at radius 3 is 1.70 bits per heavy atom. The number of hydrogen-bond donors (Lipinski definition) is 1. The first-order valence-electron chi connectivity index (χ1n) is 19.6. The Morgan fingerprint density at radius 1 is 0.704 bits per heavy atom. The largest absolute Gasteiger partial charge is 0.512 e. The zero-order valence-corrected chi connectivity index (χ0v) is 37.8. The molecule has 287 valence electrons. The summed E-state index contributed by atoms with van der Waals surface area (Å²) in [5.74, 6) is 1.77. The van der Waals surface area contributed by atoms with Crippen LogP contribution in [0, 0.1) is 17.9 Å². The monoisotopic (exact) mass is 966 g/mol. The molecular weight excluding hydrogens is 908 g/mol. The Hall–Kier alpha value is -3.40. The van der Waals surface area contributed by atoms with E-state index in [1.165, 1.54) is 64.0 Å². The molecule has 2 aromatic heterocycles. The van der Waals surface area contributed by atoms with Crippen LogP contribution in [0.1, 0.15) is 129 Å². The van der Waals surface area contributed by atoms with E-state index in [-0.39, 0.29) is 58.0 Å². The van der Waals surface area contributed by atoms with Gasteiger partial charge in [0, 0.05) is 38.0 Å². The molecular formula is C48H57IrN2O2Se-. The number of nitrogens with zero attached hydrogens (tertiary/aromatic N) is 2. The maximum atomic E-state index is 11.7. The Morgan fingerprint density at radius 2 is 1.20 bits per heavy atom. The van der Waals surface area contributed by atoms with Crippen molar-refractivity contribution in [2.24, 2.45) is 11.8 Å². The molecule has 0 spiro atoms. The van der Waals surface area contributed by atoms with Gasteiger partial charge in [-0.3, -0.25) is 4.79 Å². The molecule has 6 rings (SSSR count). The van der Waals surface area contributed by atoms with Crippen molar-refractivity contribution in [2.45, 2.75) is 113 Å². The van der Waals surface area contributed by atoms with Crippen LogP contribution in [0.25, 0.3) is 52.6 Å². The summed E-state index contributed by atoms with van der Waals surface area (Å²) in [6.07, 6.45) is 4.91. The van der Waals surface area contributed by atoms with E-state index in [0.29, 0.717) is 17.8 Å². The number of allylic oxidation sites excluding steroid dienone is 2. The van der Waals surface area contributed by atoms with Gasteiger partial charge >= 0.3 is 232 Å². The molecule has 1 N–H and O–H groups in total. The van der Waals surface area contributed by atoms with E-state index in [4.69, 9.17) is 10.2 Å². The van der Waals surface area contributed by atoms with Crippen molar-refractivity contribution in [3.63, 3.8) is 0 Å². The van der Waals surface area contributed by atoms with Crippen molar-refractivity contribution in [1.82, 2.24) is 10.2 Å². The number of rotatable bonds is 12. The smallest absolute Gasteiger partial charge is 0.162 e. The van der Waals surface area contributed by atoms with Gasteiger partial charge in [0.05, 0.1) is 5.76 Å². The second-order valence-corrected chi connectivity index (χ2v) is 17.4. The van der Waals surface area contributed by atoms with Gasteiger partial charge in [-0.05, 0) is 25.7 Å². The summed E-state index contributed by atoms with van der Waals surface area (Å²) in [6, 6.07) is 30.4. The third-order valence-corrected chi connectivity index (χ3v) is 12.9. The van der Waals surface area contributed by atoms with E-state index >= 15 is 0 Å². The number of aromatic nitrogens is 2. The molecule has 4 aromatic carbocycles.